The molecular weight excluding hydrogens is 350 g/mol. The Morgan fingerprint density at radius 3 is 2.92 bits per heavy atom. The lowest BCUT2D eigenvalue weighted by Gasteiger charge is -2.17. The van der Waals surface area contributed by atoms with E-state index in [-0.39, 0.29) is 24.5 Å². The number of fused-ring (bicyclic) bond motifs is 1. The van der Waals surface area contributed by atoms with E-state index in [1.54, 1.807) is 17.8 Å². The monoisotopic (exact) mass is 381 g/mol. The van der Waals surface area contributed by atoms with Gasteiger partial charge in [0, 0.05) is 18.1 Å². The van der Waals surface area contributed by atoms with Gasteiger partial charge >= 0.3 is 5.97 Å². The minimum Gasteiger partial charge on any atom is -0.481 e. The fraction of sp³-hybridized carbons (Fsp3) is 0.700. The summed E-state index contributed by atoms with van der Waals surface area (Å²) in [5, 5.41) is 30.1. The summed E-state index contributed by atoms with van der Waals surface area (Å²) in [5.41, 5.74) is 0. The highest BCUT2D eigenvalue weighted by Gasteiger charge is 2.44. The number of rotatable bonds is 10. The number of unbranched alkanes of at least 4 members (excludes halogenated alkanes) is 2. The van der Waals surface area contributed by atoms with E-state index in [0.29, 0.717) is 12.3 Å². The van der Waals surface area contributed by atoms with Crippen LogP contribution in [0, 0.1) is 11.8 Å². The average Bonchev–Trinajstić information content (AvgIpc) is 3.09. The van der Waals surface area contributed by atoms with E-state index in [0.717, 1.165) is 42.9 Å². The summed E-state index contributed by atoms with van der Waals surface area (Å²) in [7, 11) is 0. The predicted molar refractivity (Wildman–Crippen MR) is 107 cm³/mol. The van der Waals surface area contributed by atoms with Crippen molar-refractivity contribution in [3.63, 3.8) is 0 Å². The first-order chi connectivity index (χ1) is 12.5. The summed E-state index contributed by atoms with van der Waals surface area (Å²) in [6, 6.07) is 0.169. The second-order valence-corrected chi connectivity index (χ2v) is 8.26. The van der Waals surface area contributed by atoms with Crippen LogP contribution in [0.1, 0.15) is 51.9 Å². The molecule has 0 bridgehead atoms. The number of nitrogens with zero attached hydrogens (tertiary/aromatic N) is 1. The molecule has 0 aromatic heterocycles. The normalized spacial score (nSPS) is 29.4. The topological polar surface area (TPSA) is 90.1 Å². The highest BCUT2D eigenvalue weighted by atomic mass is 32.2. The van der Waals surface area contributed by atoms with Crippen LogP contribution in [0.4, 0.5) is 0 Å². The summed E-state index contributed by atoms with van der Waals surface area (Å²) in [4.78, 5) is 15.2. The Morgan fingerprint density at radius 1 is 1.38 bits per heavy atom. The lowest BCUT2D eigenvalue weighted by Crippen LogP contribution is -2.19. The first kappa shape index (κ1) is 21.2. The predicted octanol–water partition coefficient (Wildman–Crippen LogP) is 3.42. The molecule has 4 unspecified atom stereocenters. The Labute approximate surface area is 160 Å². The number of carbonyl (C=O) groups is 1. The van der Waals surface area contributed by atoms with Crippen LogP contribution in [-0.2, 0) is 4.79 Å². The van der Waals surface area contributed by atoms with E-state index in [1.807, 2.05) is 18.2 Å². The maximum absolute atomic E-state index is 10.5. The lowest BCUT2D eigenvalue weighted by molar-refractivity contribution is -0.136. The van der Waals surface area contributed by atoms with Gasteiger partial charge in [-0.2, -0.15) is 0 Å². The van der Waals surface area contributed by atoms with Crippen LogP contribution in [0.5, 0.6) is 0 Å². The number of aliphatic imine (C=N–C) groups is 1. The molecule has 26 heavy (non-hydrogen) atoms. The number of aliphatic hydroxyl groups is 2. The quantitative estimate of drug-likeness (QED) is 0.398. The van der Waals surface area contributed by atoms with Crippen molar-refractivity contribution in [3.8, 4) is 0 Å². The van der Waals surface area contributed by atoms with Crippen molar-refractivity contribution in [2.75, 3.05) is 5.75 Å². The van der Waals surface area contributed by atoms with Crippen LogP contribution >= 0.6 is 11.8 Å². The Morgan fingerprint density at radius 2 is 2.19 bits per heavy atom. The van der Waals surface area contributed by atoms with Crippen molar-refractivity contribution < 1.29 is 20.1 Å². The summed E-state index contributed by atoms with van der Waals surface area (Å²) >= 11 is 1.65. The molecule has 0 spiro atoms. The Hall–Kier alpha value is -1.11. The number of hydrogen-bond acceptors (Lipinski definition) is 5. The Kier molecular flexibility index (Phi) is 8.88. The van der Waals surface area contributed by atoms with Crippen LogP contribution in [0.2, 0.25) is 0 Å². The van der Waals surface area contributed by atoms with Gasteiger partial charge in [0.1, 0.15) is 0 Å². The molecule has 2 aliphatic rings. The van der Waals surface area contributed by atoms with Crippen LogP contribution in [-0.4, -0.2) is 50.3 Å². The van der Waals surface area contributed by atoms with E-state index in [1.165, 1.54) is 0 Å². The smallest absolute Gasteiger partial charge is 0.307 e. The van der Waals surface area contributed by atoms with Gasteiger partial charge in [0.15, 0.2) is 0 Å². The molecule has 0 radical (unpaired) electrons. The maximum atomic E-state index is 10.5. The van der Waals surface area contributed by atoms with Crippen LogP contribution in [0.3, 0.4) is 0 Å². The molecule has 3 N–H and O–H groups in total. The SMILES string of the molecule is CCCCC[C@H](O)C=CC1C(O)CC2N=C(SCC=CCC(=O)O)CC21. The lowest BCUT2D eigenvalue weighted by atomic mass is 9.91. The van der Waals surface area contributed by atoms with Crippen molar-refractivity contribution in [1.29, 1.82) is 0 Å². The molecule has 5 atom stereocenters. The van der Waals surface area contributed by atoms with Gasteiger partial charge in [-0.05, 0) is 18.8 Å². The number of aliphatic carboxylic acids is 1. The Balaban J connectivity index is 1.79. The fourth-order valence-corrected chi connectivity index (χ4v) is 4.65. The molecule has 0 aromatic rings. The number of aliphatic hydroxyl groups excluding tert-OH is 2. The fourth-order valence-electron chi connectivity index (χ4n) is 3.70. The van der Waals surface area contributed by atoms with Gasteiger partial charge in [-0.25, -0.2) is 0 Å². The number of hydrogen-bond donors (Lipinski definition) is 3. The minimum atomic E-state index is -0.820. The number of carboxylic acids is 1. The summed E-state index contributed by atoms with van der Waals surface area (Å²) in [6.45, 7) is 2.15. The standard InChI is InChI=1S/C20H31NO4S/c1-2-3-4-7-14(22)9-10-15-16-12-19(21-17(16)13-18(15)23)26-11-6-5-8-20(24)25/h5-6,9-10,14-18,22-23H,2-4,7-8,11-13H2,1H3,(H,24,25)/t14-,15?,16?,17?,18?/m0/s1. The van der Waals surface area contributed by atoms with Gasteiger partial charge in [-0.3, -0.25) is 9.79 Å². The first-order valence-corrected chi connectivity index (χ1v) is 10.6. The molecule has 1 aliphatic heterocycles. The molecule has 2 rings (SSSR count). The number of carboxylic acid groups (broad SMARTS) is 1. The molecule has 1 saturated carbocycles. The van der Waals surface area contributed by atoms with Gasteiger partial charge in [-0.1, -0.05) is 50.5 Å². The molecule has 1 heterocycles. The van der Waals surface area contributed by atoms with Crippen molar-refractivity contribution in [3.05, 3.63) is 24.3 Å². The van der Waals surface area contributed by atoms with Gasteiger partial charge in [0.2, 0.25) is 0 Å². The first-order valence-electron chi connectivity index (χ1n) is 9.62. The molecule has 0 amide bonds. The van der Waals surface area contributed by atoms with Crippen molar-refractivity contribution in [2.24, 2.45) is 16.8 Å². The third kappa shape index (κ3) is 6.56. The minimum absolute atomic E-state index is 0.0535. The van der Waals surface area contributed by atoms with E-state index >= 15 is 0 Å². The zero-order valence-electron chi connectivity index (χ0n) is 15.5. The molecule has 146 valence electrons. The molecule has 0 saturated heterocycles. The third-order valence-electron chi connectivity index (χ3n) is 5.10. The van der Waals surface area contributed by atoms with Crippen molar-refractivity contribution >= 4 is 22.8 Å². The zero-order valence-corrected chi connectivity index (χ0v) is 16.3. The zero-order chi connectivity index (χ0) is 18.9. The van der Waals surface area contributed by atoms with E-state index in [4.69, 9.17) is 10.1 Å². The van der Waals surface area contributed by atoms with Crippen molar-refractivity contribution in [2.45, 2.75) is 70.1 Å². The molecule has 6 heteroatoms. The molecule has 1 fully saturated rings. The van der Waals surface area contributed by atoms with Gasteiger partial charge in [0.25, 0.3) is 0 Å². The summed E-state index contributed by atoms with van der Waals surface area (Å²) < 4.78 is 0. The second kappa shape index (κ2) is 10.9. The summed E-state index contributed by atoms with van der Waals surface area (Å²) in [5.74, 6) is 0.282. The van der Waals surface area contributed by atoms with E-state index in [2.05, 4.69) is 6.92 Å². The van der Waals surface area contributed by atoms with Gasteiger partial charge in [-0.15, -0.1) is 11.8 Å². The number of thioether (sulfide) groups is 1. The second-order valence-electron chi connectivity index (χ2n) is 7.17. The summed E-state index contributed by atoms with van der Waals surface area (Å²) in [6.07, 6.45) is 12.3. The Bertz CT molecular complexity index is 546. The molecular formula is C20H31NO4S. The van der Waals surface area contributed by atoms with Crippen LogP contribution < -0.4 is 0 Å². The average molecular weight is 382 g/mol. The third-order valence-corrected chi connectivity index (χ3v) is 6.06. The molecule has 5 nitrogen and oxygen atoms in total. The highest BCUT2D eigenvalue weighted by Crippen LogP contribution is 2.43. The highest BCUT2D eigenvalue weighted by molar-refractivity contribution is 8.14. The largest absolute Gasteiger partial charge is 0.481 e. The van der Waals surface area contributed by atoms with Crippen molar-refractivity contribution in [1.82, 2.24) is 0 Å². The maximum Gasteiger partial charge on any atom is 0.307 e. The van der Waals surface area contributed by atoms with Gasteiger partial charge in [0.05, 0.1) is 29.7 Å². The molecule has 0 aromatic carbocycles. The van der Waals surface area contributed by atoms with E-state index in [9.17, 15) is 15.0 Å². The van der Waals surface area contributed by atoms with Gasteiger partial charge < -0.3 is 15.3 Å². The van der Waals surface area contributed by atoms with E-state index < -0.39 is 12.1 Å². The van der Waals surface area contributed by atoms with Crippen LogP contribution in [0.15, 0.2) is 29.3 Å². The molecule has 1 aliphatic carbocycles. The van der Waals surface area contributed by atoms with Crippen LogP contribution in [0.25, 0.3) is 0 Å².